The Morgan fingerprint density at radius 2 is 1.10 bits per heavy atom. The van der Waals surface area contributed by atoms with Gasteiger partial charge in [0.1, 0.15) is 0 Å². The van der Waals surface area contributed by atoms with Gasteiger partial charge in [-0.05, 0) is 6.92 Å². The van der Waals surface area contributed by atoms with Crippen molar-refractivity contribution < 1.29 is 66.6 Å². The Bertz CT molecular complexity index is 802. The van der Waals surface area contributed by atoms with E-state index in [0.29, 0.717) is 0 Å². The molecule has 0 aromatic carbocycles. The van der Waals surface area contributed by atoms with Gasteiger partial charge in [-0.1, -0.05) is 0 Å². The van der Waals surface area contributed by atoms with Crippen LogP contribution in [0.15, 0.2) is 0 Å². The van der Waals surface area contributed by atoms with E-state index in [1.54, 1.807) is 0 Å². The molecule has 0 aromatic heterocycles. The minimum atomic E-state index is -7.52. The van der Waals surface area contributed by atoms with Crippen molar-refractivity contribution in [2.24, 2.45) is 5.73 Å². The predicted octanol–water partition coefficient (Wildman–Crippen LogP) is 3.00. The number of carbonyl (C=O) groups is 1. The van der Waals surface area contributed by atoms with E-state index in [0.717, 1.165) is 6.92 Å². The summed E-state index contributed by atoms with van der Waals surface area (Å²) in [4.78, 5) is 11.7. The Kier molecular flexibility index (Phi) is 3.69. The largest absolute Gasteiger partial charge is 0.340 e. The summed E-state index contributed by atoms with van der Waals surface area (Å²) in [6.07, 6.45) is 0. The molecule has 2 N–H and O–H groups in total. The van der Waals surface area contributed by atoms with Gasteiger partial charge in [0.25, 0.3) is 5.67 Å². The predicted molar refractivity (Wildman–Crippen MR) is 63.6 cm³/mol. The zero-order chi connectivity index (χ0) is 23.1. The highest BCUT2D eigenvalue weighted by Crippen LogP contribution is 2.84. The quantitative estimate of drug-likeness (QED) is 0.664. The molecule has 0 aliphatic heterocycles. The molecular formula is C13H8F13NO2. The van der Waals surface area contributed by atoms with E-state index in [1.807, 2.05) is 0 Å². The van der Waals surface area contributed by atoms with Gasteiger partial charge in [-0.3, -0.25) is 4.79 Å². The van der Waals surface area contributed by atoms with Gasteiger partial charge in [0.05, 0.1) is 6.61 Å². The Balaban J connectivity index is 2.56. The van der Waals surface area contributed by atoms with Crippen molar-refractivity contribution in [1.82, 2.24) is 0 Å². The van der Waals surface area contributed by atoms with Crippen LogP contribution in [-0.4, -0.2) is 70.7 Å². The molecule has 168 valence electrons. The number of Topliss-reactive ketones (excluding diaryl/α,β-unsaturated/α-hetero) is 1. The van der Waals surface area contributed by atoms with Gasteiger partial charge in [-0.25, -0.2) is 22.0 Å². The van der Waals surface area contributed by atoms with Crippen LogP contribution in [0.5, 0.6) is 0 Å². The fourth-order valence-electron chi connectivity index (χ4n) is 4.03. The van der Waals surface area contributed by atoms with Gasteiger partial charge in [0.15, 0.2) is 0 Å². The van der Waals surface area contributed by atoms with E-state index in [4.69, 9.17) is 5.73 Å². The molecule has 6 unspecified atom stereocenters. The van der Waals surface area contributed by atoms with Gasteiger partial charge in [0.2, 0.25) is 5.78 Å². The van der Waals surface area contributed by atoms with Crippen molar-refractivity contribution in [2.75, 3.05) is 6.61 Å². The van der Waals surface area contributed by atoms with Crippen LogP contribution in [0.2, 0.25) is 0 Å². The smallest absolute Gasteiger partial charge is 0.338 e. The highest BCUT2D eigenvalue weighted by atomic mass is 19.3. The van der Waals surface area contributed by atoms with E-state index in [2.05, 4.69) is 4.74 Å². The normalized spacial score (nSPS) is 51.9. The van der Waals surface area contributed by atoms with Crippen LogP contribution in [0, 0.1) is 0 Å². The summed E-state index contributed by atoms with van der Waals surface area (Å²) in [5, 5.41) is 0. The number of hydrogen-bond donors (Lipinski definition) is 1. The van der Waals surface area contributed by atoms with Crippen molar-refractivity contribution in [3.8, 4) is 0 Å². The molecule has 4 bridgehead atoms. The van der Waals surface area contributed by atoms with E-state index in [-0.39, 0.29) is 0 Å². The number of hydrogen-bond acceptors (Lipinski definition) is 3. The second kappa shape index (κ2) is 4.78. The molecule has 16 heteroatoms. The molecule has 4 saturated carbocycles. The third kappa shape index (κ3) is 1.43. The molecule has 4 fully saturated rings. The Morgan fingerprint density at radius 3 is 1.52 bits per heavy atom. The number of carbonyl (C=O) groups excluding carboxylic acids is 1. The van der Waals surface area contributed by atoms with Crippen molar-refractivity contribution in [3.63, 3.8) is 0 Å². The summed E-state index contributed by atoms with van der Waals surface area (Å²) in [6, 6.07) is -1.71. The number of nitrogens with two attached hydrogens (primary N) is 1. The van der Waals surface area contributed by atoms with Crippen LogP contribution in [0.1, 0.15) is 6.92 Å². The van der Waals surface area contributed by atoms with E-state index in [9.17, 15) is 57.5 Å². The highest BCUT2D eigenvalue weighted by molar-refractivity contribution is 6.04. The van der Waals surface area contributed by atoms with Gasteiger partial charge in [0, 0.05) is 6.04 Å². The average Bonchev–Trinajstić information content (AvgIpc) is 2.58. The summed E-state index contributed by atoms with van der Waals surface area (Å²) in [5.41, 5.74) is -23.3. The maximum absolute atomic E-state index is 15.1. The lowest BCUT2D eigenvalue weighted by Crippen LogP contribution is -3.07. The molecule has 4 aliphatic rings. The second-order valence-electron chi connectivity index (χ2n) is 7.14. The molecule has 0 amide bonds. The fraction of sp³-hybridized carbons (Fsp3) is 0.923. The first kappa shape index (κ1) is 22.4. The molecular weight excluding hydrogens is 449 g/mol. The summed E-state index contributed by atoms with van der Waals surface area (Å²) < 4.78 is 191. The highest BCUT2D eigenvalue weighted by Gasteiger charge is 3.20. The summed E-state index contributed by atoms with van der Waals surface area (Å²) >= 11 is 0. The zero-order valence-corrected chi connectivity index (χ0v) is 13.6. The molecule has 3 nitrogen and oxygen atoms in total. The van der Waals surface area contributed by atoms with Crippen LogP contribution in [-0.2, 0) is 9.53 Å². The lowest BCUT2D eigenvalue weighted by molar-refractivity contribution is -0.555. The standard InChI is InChI=1S/C13H8F13NO2/c1-3(27)2-29-13(26)6(15)4(28)5(14)9(18,19)7(16,11(6,22)23)12(24,25)8(13,17)10(5,20)21/h3H,2,27H2,1H3. The van der Waals surface area contributed by atoms with Crippen LogP contribution < -0.4 is 5.73 Å². The number of rotatable bonds is 3. The van der Waals surface area contributed by atoms with E-state index < -0.39 is 70.7 Å². The fourth-order valence-corrected chi connectivity index (χ4v) is 4.03. The molecule has 0 aromatic rings. The first-order chi connectivity index (χ1) is 12.6. The van der Waals surface area contributed by atoms with Gasteiger partial charge in [-0.15, -0.1) is 0 Å². The molecule has 0 radical (unpaired) electrons. The van der Waals surface area contributed by atoms with Crippen molar-refractivity contribution in [3.05, 3.63) is 0 Å². The Morgan fingerprint density at radius 1 is 0.724 bits per heavy atom. The van der Waals surface area contributed by atoms with Gasteiger partial charge < -0.3 is 10.5 Å². The summed E-state index contributed by atoms with van der Waals surface area (Å²) in [7, 11) is 0. The molecule has 0 saturated heterocycles. The minimum Gasteiger partial charge on any atom is -0.338 e. The van der Waals surface area contributed by atoms with Crippen LogP contribution in [0.25, 0.3) is 0 Å². The first-order valence-corrected chi connectivity index (χ1v) is 7.47. The maximum Gasteiger partial charge on any atom is 0.340 e. The molecule has 0 spiro atoms. The van der Waals surface area contributed by atoms with Crippen LogP contribution in [0.4, 0.5) is 57.1 Å². The lowest BCUT2D eigenvalue weighted by atomic mass is 9.41. The monoisotopic (exact) mass is 457 g/mol. The summed E-state index contributed by atoms with van der Waals surface area (Å²) in [5.74, 6) is -40.4. The molecule has 0 heterocycles. The van der Waals surface area contributed by atoms with Crippen molar-refractivity contribution in [2.45, 2.75) is 65.2 Å². The molecule has 29 heavy (non-hydrogen) atoms. The van der Waals surface area contributed by atoms with E-state index >= 15 is 4.39 Å². The number of alkyl halides is 13. The summed E-state index contributed by atoms with van der Waals surface area (Å²) in [6.45, 7) is -1.08. The van der Waals surface area contributed by atoms with Crippen LogP contribution >= 0.6 is 0 Å². The van der Waals surface area contributed by atoms with Crippen molar-refractivity contribution >= 4 is 5.78 Å². The third-order valence-electron chi connectivity index (χ3n) is 5.52. The topological polar surface area (TPSA) is 52.3 Å². The van der Waals surface area contributed by atoms with Crippen LogP contribution in [0.3, 0.4) is 0 Å². The number of ether oxygens (including phenoxy) is 1. The Hall–Kier alpha value is -1.32. The SMILES string of the molecule is CC(N)COC1(F)C2(F)C(=O)C3(F)C(F)(F)C(F)(C2(F)F)C(F)(F)C1(F)C3(F)F. The van der Waals surface area contributed by atoms with Crippen molar-refractivity contribution in [1.29, 1.82) is 0 Å². The zero-order valence-electron chi connectivity index (χ0n) is 13.6. The first-order valence-electron chi connectivity index (χ1n) is 7.47. The minimum absolute atomic E-state index is 0.743. The number of ketones is 1. The Labute approximate surface area is 151 Å². The van der Waals surface area contributed by atoms with Gasteiger partial charge >= 0.3 is 46.6 Å². The van der Waals surface area contributed by atoms with E-state index in [1.165, 1.54) is 0 Å². The lowest BCUT2D eigenvalue weighted by Gasteiger charge is -2.71. The maximum atomic E-state index is 15.1. The third-order valence-corrected chi connectivity index (χ3v) is 5.52. The molecule has 6 atom stereocenters. The molecule has 4 aliphatic carbocycles. The van der Waals surface area contributed by atoms with Gasteiger partial charge in [-0.2, -0.15) is 35.1 Å². The average molecular weight is 457 g/mol. The second-order valence-corrected chi connectivity index (χ2v) is 7.14. The number of halogens is 13. The molecule has 4 rings (SSSR count).